The number of aromatic amines is 1. The van der Waals surface area contributed by atoms with E-state index in [1.54, 1.807) is 48.5 Å². The number of carbonyl (C=O) groups is 2. The zero-order valence-corrected chi connectivity index (χ0v) is 21.5. The smallest absolute Gasteiger partial charge is 0.305 e. The summed E-state index contributed by atoms with van der Waals surface area (Å²) in [6.45, 7) is 0.173. The van der Waals surface area contributed by atoms with Crippen molar-refractivity contribution in [2.75, 3.05) is 7.11 Å². The maximum Gasteiger partial charge on any atom is 0.305 e. The van der Waals surface area contributed by atoms with Crippen molar-refractivity contribution in [1.29, 1.82) is 0 Å². The summed E-state index contributed by atoms with van der Waals surface area (Å²) in [4.78, 5) is 36.8. The van der Waals surface area contributed by atoms with Crippen molar-refractivity contribution in [1.82, 2.24) is 5.16 Å². The number of benzene rings is 3. The van der Waals surface area contributed by atoms with E-state index in [2.05, 4.69) is 5.16 Å². The summed E-state index contributed by atoms with van der Waals surface area (Å²) < 4.78 is 21.9. The van der Waals surface area contributed by atoms with Gasteiger partial charge in [0, 0.05) is 18.1 Å². The van der Waals surface area contributed by atoms with E-state index in [1.807, 2.05) is 0 Å². The molecule has 0 radical (unpaired) electrons. The summed E-state index contributed by atoms with van der Waals surface area (Å²) in [7, 11) is 1.32. The number of phenolic OH excluding ortho intramolecular Hbond substituents is 1. The number of nitrogens with one attached hydrogen (secondary N) is 1. The molecule has 0 aliphatic heterocycles. The van der Waals surface area contributed by atoms with Gasteiger partial charge in [-0.1, -0.05) is 6.07 Å². The quantitative estimate of drug-likeness (QED) is 0.215. The molecule has 4 aromatic rings. The number of aryl methyl sites for hydroxylation is 1. The predicted octanol–water partition coefficient (Wildman–Crippen LogP) is 5.06. The van der Waals surface area contributed by atoms with E-state index in [0.717, 1.165) is 31.2 Å². The molecule has 0 spiro atoms. The third-order valence-corrected chi connectivity index (χ3v) is 6.91. The minimum atomic E-state index is -0.388. The Morgan fingerprint density at radius 2 is 1.87 bits per heavy atom. The number of phenols is 1. The number of hydrogen-bond acceptors (Lipinski definition) is 8. The molecular weight excluding hydrogens is 502 g/mol. The molecule has 5 rings (SSSR count). The van der Waals surface area contributed by atoms with Gasteiger partial charge in [0.15, 0.2) is 11.4 Å². The number of rotatable bonds is 10. The Hall–Kier alpha value is -4.53. The number of esters is 1. The minimum Gasteiger partial charge on any atom is -0.507 e. The van der Waals surface area contributed by atoms with E-state index in [1.165, 1.54) is 13.2 Å². The van der Waals surface area contributed by atoms with Gasteiger partial charge in [0.2, 0.25) is 0 Å². The Morgan fingerprint density at radius 3 is 2.64 bits per heavy atom. The standard InChI is InChI=1S/C30H29NO8/c1-36-28(33)13-8-19-15-20(29(34)23-11-9-22(16-25(23)32)38-21-4-2-3-5-21)7-12-26(19)37-17-18-6-10-24-27(14-18)39-31-30(24)35/h6-7,9-12,14-16,21,32H,2-5,8,13,17H2,1H3,(H,31,35). The van der Waals surface area contributed by atoms with Crippen molar-refractivity contribution >= 4 is 22.7 Å². The lowest BCUT2D eigenvalue weighted by Gasteiger charge is -2.15. The fourth-order valence-corrected chi connectivity index (χ4v) is 4.77. The van der Waals surface area contributed by atoms with Crippen LogP contribution in [0.4, 0.5) is 0 Å². The van der Waals surface area contributed by atoms with Crippen LogP contribution >= 0.6 is 0 Å². The molecule has 1 aliphatic carbocycles. The second-order valence-corrected chi connectivity index (χ2v) is 9.58. The van der Waals surface area contributed by atoms with Crippen LogP contribution in [0.1, 0.15) is 59.2 Å². The van der Waals surface area contributed by atoms with Gasteiger partial charge in [-0.25, -0.2) is 0 Å². The third-order valence-electron chi connectivity index (χ3n) is 6.91. The highest BCUT2D eigenvalue weighted by Gasteiger charge is 2.20. The predicted molar refractivity (Wildman–Crippen MR) is 142 cm³/mol. The topological polar surface area (TPSA) is 128 Å². The Kier molecular flexibility index (Phi) is 7.67. The summed E-state index contributed by atoms with van der Waals surface area (Å²) in [6.07, 6.45) is 4.76. The molecule has 0 amide bonds. The van der Waals surface area contributed by atoms with Crippen molar-refractivity contribution in [2.45, 2.75) is 51.2 Å². The monoisotopic (exact) mass is 531 g/mol. The van der Waals surface area contributed by atoms with Gasteiger partial charge in [0.1, 0.15) is 23.9 Å². The van der Waals surface area contributed by atoms with E-state index >= 15 is 0 Å². The molecule has 0 atom stereocenters. The largest absolute Gasteiger partial charge is 0.507 e. The van der Waals surface area contributed by atoms with Crippen LogP contribution in [0.3, 0.4) is 0 Å². The first-order chi connectivity index (χ1) is 18.9. The van der Waals surface area contributed by atoms with Crippen molar-refractivity contribution < 1.29 is 33.4 Å². The van der Waals surface area contributed by atoms with Crippen molar-refractivity contribution in [3.05, 3.63) is 87.2 Å². The molecule has 0 unspecified atom stereocenters. The number of ketones is 1. The highest BCUT2D eigenvalue weighted by atomic mass is 16.5. The van der Waals surface area contributed by atoms with E-state index in [9.17, 15) is 19.5 Å². The third kappa shape index (κ3) is 5.98. The molecule has 3 aromatic carbocycles. The molecule has 9 heteroatoms. The molecule has 0 bridgehead atoms. The van der Waals surface area contributed by atoms with E-state index in [0.29, 0.717) is 33.6 Å². The van der Waals surface area contributed by atoms with Crippen LogP contribution < -0.4 is 15.0 Å². The van der Waals surface area contributed by atoms with Gasteiger partial charge in [-0.15, -0.1) is 0 Å². The number of aromatic nitrogens is 1. The van der Waals surface area contributed by atoms with Gasteiger partial charge in [-0.2, -0.15) is 5.16 Å². The fourth-order valence-electron chi connectivity index (χ4n) is 4.77. The summed E-state index contributed by atoms with van der Waals surface area (Å²) in [5, 5.41) is 13.3. The van der Waals surface area contributed by atoms with Gasteiger partial charge >= 0.3 is 5.97 Å². The van der Waals surface area contributed by atoms with Crippen LogP contribution in [-0.4, -0.2) is 35.2 Å². The Balaban J connectivity index is 1.35. The number of carbonyl (C=O) groups excluding carboxylic acids is 2. The average molecular weight is 532 g/mol. The van der Waals surface area contributed by atoms with Crippen LogP contribution in [0.2, 0.25) is 0 Å². The second kappa shape index (κ2) is 11.5. The highest BCUT2D eigenvalue weighted by molar-refractivity contribution is 6.11. The molecule has 1 saturated carbocycles. The lowest BCUT2D eigenvalue weighted by atomic mass is 9.98. The zero-order valence-electron chi connectivity index (χ0n) is 21.5. The van der Waals surface area contributed by atoms with Gasteiger partial charge < -0.3 is 23.8 Å². The van der Waals surface area contributed by atoms with Crippen molar-refractivity contribution in [2.24, 2.45) is 0 Å². The summed E-state index contributed by atoms with van der Waals surface area (Å²) in [5.74, 6) is 0.129. The molecule has 9 nitrogen and oxygen atoms in total. The van der Waals surface area contributed by atoms with Gasteiger partial charge in [-0.05, 0) is 85.7 Å². The van der Waals surface area contributed by atoms with Crippen LogP contribution in [0.5, 0.6) is 17.2 Å². The SMILES string of the molecule is COC(=O)CCc1cc(C(=O)c2ccc(OC3CCCC3)cc2O)ccc1OCc1ccc2c(=O)[nH]oc2c1. The molecule has 2 N–H and O–H groups in total. The first kappa shape index (κ1) is 26.1. The first-order valence-electron chi connectivity index (χ1n) is 12.9. The lowest BCUT2D eigenvalue weighted by Crippen LogP contribution is -2.11. The second-order valence-electron chi connectivity index (χ2n) is 9.58. The number of hydrogen-bond donors (Lipinski definition) is 2. The van der Waals surface area contributed by atoms with Gasteiger partial charge in [0.25, 0.3) is 5.56 Å². The molecule has 39 heavy (non-hydrogen) atoms. The number of aromatic hydroxyl groups is 1. The van der Waals surface area contributed by atoms with Gasteiger partial charge in [0.05, 0.1) is 24.2 Å². The zero-order chi connectivity index (χ0) is 27.4. The molecule has 1 aromatic heterocycles. The number of H-pyrrole nitrogens is 1. The normalized spacial score (nSPS) is 13.5. The maximum atomic E-state index is 13.3. The molecule has 202 valence electrons. The van der Waals surface area contributed by atoms with E-state index < -0.39 is 0 Å². The average Bonchev–Trinajstić information content (AvgIpc) is 3.59. The van der Waals surface area contributed by atoms with Crippen LogP contribution in [0, 0.1) is 0 Å². The Morgan fingerprint density at radius 1 is 1.05 bits per heavy atom. The lowest BCUT2D eigenvalue weighted by molar-refractivity contribution is -0.140. The Bertz CT molecular complexity index is 1560. The molecule has 1 heterocycles. The molecule has 0 saturated heterocycles. The van der Waals surface area contributed by atoms with Crippen molar-refractivity contribution in [3.8, 4) is 17.2 Å². The van der Waals surface area contributed by atoms with Crippen LogP contribution in [-0.2, 0) is 22.6 Å². The van der Waals surface area contributed by atoms with E-state index in [4.69, 9.17) is 18.7 Å². The van der Waals surface area contributed by atoms with Crippen LogP contribution in [0.15, 0.2) is 63.9 Å². The number of ether oxygens (including phenoxy) is 3. The highest BCUT2D eigenvalue weighted by Crippen LogP contribution is 2.31. The number of methoxy groups -OCH3 is 1. The minimum absolute atomic E-state index is 0.101. The number of fused-ring (bicyclic) bond motifs is 1. The first-order valence-corrected chi connectivity index (χ1v) is 12.9. The molecular formula is C30H29NO8. The summed E-state index contributed by atoms with van der Waals surface area (Å²) >= 11 is 0. The molecule has 1 fully saturated rings. The van der Waals surface area contributed by atoms with Crippen molar-refractivity contribution in [3.63, 3.8) is 0 Å². The Labute approximate surface area is 224 Å². The summed E-state index contributed by atoms with van der Waals surface area (Å²) in [6, 6.07) is 14.8. The van der Waals surface area contributed by atoms with Crippen LogP contribution in [0.25, 0.3) is 11.0 Å². The fraction of sp³-hybridized carbons (Fsp3) is 0.300. The van der Waals surface area contributed by atoms with E-state index in [-0.39, 0.29) is 54.2 Å². The molecule has 1 aliphatic rings. The van der Waals surface area contributed by atoms with Gasteiger partial charge in [-0.3, -0.25) is 14.4 Å². The maximum absolute atomic E-state index is 13.3. The summed E-state index contributed by atoms with van der Waals surface area (Å²) in [5.41, 5.74) is 2.03.